The van der Waals surface area contributed by atoms with Crippen LogP contribution < -0.4 is 5.32 Å². The van der Waals surface area contributed by atoms with Gasteiger partial charge in [-0.25, -0.2) is 4.98 Å². The number of fused-ring (bicyclic) bond motifs is 1. The van der Waals surface area contributed by atoms with Crippen LogP contribution in [0.2, 0.25) is 5.02 Å². The van der Waals surface area contributed by atoms with Gasteiger partial charge in [-0.05, 0) is 87.7 Å². The Bertz CT molecular complexity index is 1670. The molecule has 45 heavy (non-hydrogen) atoms. The lowest BCUT2D eigenvalue weighted by atomic mass is 9.89. The minimum Gasteiger partial charge on any atom is -0.460 e. The van der Waals surface area contributed by atoms with Gasteiger partial charge in [0.05, 0.1) is 23.2 Å². The first-order valence-corrected chi connectivity index (χ1v) is 15.0. The van der Waals surface area contributed by atoms with E-state index in [1.54, 1.807) is 73.9 Å². The van der Waals surface area contributed by atoms with Crippen molar-refractivity contribution < 1.29 is 32.3 Å². The molecule has 0 bridgehead atoms. The Morgan fingerprint density at radius 1 is 1.00 bits per heavy atom. The molecule has 7 nitrogen and oxygen atoms in total. The number of rotatable bonds is 11. The number of pyridine rings is 1. The zero-order chi connectivity index (χ0) is 32.9. The van der Waals surface area contributed by atoms with Gasteiger partial charge in [0.2, 0.25) is 0 Å². The Balaban J connectivity index is 1.54. The molecule has 2 aromatic carbocycles. The van der Waals surface area contributed by atoms with Crippen LogP contribution in [-0.2, 0) is 22.1 Å². The topological polar surface area (TPSA) is 90.3 Å². The molecule has 2 heterocycles. The molecule has 0 fully saturated rings. The zero-order valence-electron chi connectivity index (χ0n) is 25.5. The summed E-state index contributed by atoms with van der Waals surface area (Å²) >= 11 is 6.21. The molecule has 4 aromatic rings. The molecule has 2 aromatic heterocycles. The Hall–Kier alpha value is -4.18. The van der Waals surface area contributed by atoms with E-state index in [0.717, 1.165) is 24.2 Å². The molecule has 0 saturated carbocycles. The van der Waals surface area contributed by atoms with E-state index in [0.29, 0.717) is 40.0 Å². The third kappa shape index (κ3) is 8.72. The van der Waals surface area contributed by atoms with E-state index in [4.69, 9.17) is 16.3 Å². The van der Waals surface area contributed by atoms with E-state index < -0.39 is 29.2 Å². The number of hydrogen-bond donors (Lipinski definition) is 1. The molecule has 0 aliphatic rings. The Morgan fingerprint density at radius 3 is 2.31 bits per heavy atom. The fourth-order valence-corrected chi connectivity index (χ4v) is 5.21. The highest BCUT2D eigenvalue weighted by molar-refractivity contribution is 6.31. The van der Waals surface area contributed by atoms with Crippen molar-refractivity contribution in [1.82, 2.24) is 14.9 Å². The number of carbonyl (C=O) groups is 3. The van der Waals surface area contributed by atoms with Crippen molar-refractivity contribution in [3.8, 4) is 5.82 Å². The monoisotopic (exact) mass is 641 g/mol. The molecular weight excluding hydrogens is 607 g/mol. The van der Waals surface area contributed by atoms with Crippen LogP contribution in [0.5, 0.6) is 0 Å². The van der Waals surface area contributed by atoms with Crippen LogP contribution in [0.1, 0.15) is 78.9 Å². The van der Waals surface area contributed by atoms with E-state index in [2.05, 4.69) is 10.3 Å². The number of aromatic nitrogens is 2. The van der Waals surface area contributed by atoms with E-state index in [9.17, 15) is 27.6 Å². The third-order valence-electron chi connectivity index (χ3n) is 7.06. The molecular formula is C34H35ClF3N3O4. The maximum Gasteiger partial charge on any atom is 0.417 e. The lowest BCUT2D eigenvalue weighted by Gasteiger charge is -2.19. The number of ether oxygens (including phenoxy) is 1. The molecule has 0 aliphatic carbocycles. The SMILES string of the molecule is CCC[C@@H](Cc1ccc(C(=O)NCCC(=O)OC(C)(C)C)cc1)C(=O)c1cc2cc(Cl)ccc2n1-c1ccc(C(F)(F)F)cn1. The molecule has 11 heteroatoms. The molecule has 4 rings (SSSR count). The predicted molar refractivity (Wildman–Crippen MR) is 167 cm³/mol. The quantitative estimate of drug-likeness (QED) is 0.132. The summed E-state index contributed by atoms with van der Waals surface area (Å²) in [7, 11) is 0. The summed E-state index contributed by atoms with van der Waals surface area (Å²) in [6, 6.07) is 15.8. The first-order valence-electron chi connectivity index (χ1n) is 14.6. The van der Waals surface area contributed by atoms with E-state index in [1.807, 2.05) is 6.92 Å². The average molecular weight is 642 g/mol. The number of ketones is 1. The van der Waals surface area contributed by atoms with Crippen LogP contribution in [0.15, 0.2) is 66.9 Å². The summed E-state index contributed by atoms with van der Waals surface area (Å²) in [5.41, 5.74) is 0.642. The van der Waals surface area contributed by atoms with Gasteiger partial charge in [-0.3, -0.25) is 19.0 Å². The fraction of sp³-hybridized carbons (Fsp3) is 0.353. The first kappa shape index (κ1) is 33.7. The Morgan fingerprint density at radius 2 is 1.71 bits per heavy atom. The fourth-order valence-electron chi connectivity index (χ4n) is 5.03. The number of carbonyl (C=O) groups excluding carboxylic acids is 3. The van der Waals surface area contributed by atoms with Gasteiger partial charge in [-0.1, -0.05) is 37.1 Å². The van der Waals surface area contributed by atoms with Crippen LogP contribution in [0.25, 0.3) is 16.7 Å². The van der Waals surface area contributed by atoms with Gasteiger partial charge in [0.25, 0.3) is 5.91 Å². The zero-order valence-corrected chi connectivity index (χ0v) is 26.3. The molecule has 0 aliphatic heterocycles. The van der Waals surface area contributed by atoms with E-state index in [-0.39, 0.29) is 30.5 Å². The number of Topliss-reactive ketones (excluding diaryl/α,β-unsaturated/α-hetero) is 1. The van der Waals surface area contributed by atoms with Crippen molar-refractivity contribution in [2.24, 2.45) is 5.92 Å². The average Bonchev–Trinajstić information content (AvgIpc) is 3.34. The number of hydrogen-bond acceptors (Lipinski definition) is 5. The summed E-state index contributed by atoms with van der Waals surface area (Å²) < 4.78 is 46.5. The Labute approximate surface area is 264 Å². The highest BCUT2D eigenvalue weighted by Gasteiger charge is 2.31. The van der Waals surface area contributed by atoms with Crippen LogP contribution in [0.3, 0.4) is 0 Å². The van der Waals surface area contributed by atoms with Crippen molar-refractivity contribution >= 4 is 40.2 Å². The summed E-state index contributed by atoms with van der Waals surface area (Å²) in [6.45, 7) is 7.43. The van der Waals surface area contributed by atoms with Crippen molar-refractivity contribution in [3.05, 3.63) is 94.3 Å². The largest absolute Gasteiger partial charge is 0.460 e. The summed E-state index contributed by atoms with van der Waals surface area (Å²) in [6.07, 6.45) is -2.07. The van der Waals surface area contributed by atoms with Crippen molar-refractivity contribution in [2.75, 3.05) is 6.54 Å². The van der Waals surface area contributed by atoms with Crippen LogP contribution in [-0.4, -0.2) is 39.4 Å². The molecule has 1 amide bonds. The normalized spacial score (nSPS) is 12.6. The standard InChI is InChI=1S/C34H35ClF3N3O4/c1-5-6-23(17-21-7-9-22(10-8-21)32(44)39-16-15-30(42)45-33(2,3)4)31(43)28-19-24-18-26(35)12-13-27(24)41(28)29-14-11-25(20-40-29)34(36,37)38/h7-14,18-20,23H,5-6,15-17H2,1-4H3,(H,39,44)/t23-/m0/s1. The summed E-state index contributed by atoms with van der Waals surface area (Å²) in [4.78, 5) is 42.6. The third-order valence-corrected chi connectivity index (χ3v) is 7.30. The van der Waals surface area contributed by atoms with Gasteiger partial charge in [-0.15, -0.1) is 0 Å². The lowest BCUT2D eigenvalue weighted by Crippen LogP contribution is -2.29. The van der Waals surface area contributed by atoms with Crippen LogP contribution in [0, 0.1) is 5.92 Å². The number of nitrogens with one attached hydrogen (secondary N) is 1. The number of benzene rings is 2. The minimum absolute atomic E-state index is 0.0485. The van der Waals surface area contributed by atoms with E-state index >= 15 is 0 Å². The van der Waals surface area contributed by atoms with Crippen LogP contribution >= 0.6 is 11.6 Å². The maximum atomic E-state index is 14.1. The van der Waals surface area contributed by atoms with Crippen LogP contribution in [0.4, 0.5) is 13.2 Å². The highest BCUT2D eigenvalue weighted by atomic mass is 35.5. The number of halogens is 4. The maximum absolute atomic E-state index is 14.1. The second-order valence-corrected chi connectivity index (χ2v) is 12.3. The second kappa shape index (κ2) is 13.9. The second-order valence-electron chi connectivity index (χ2n) is 11.8. The predicted octanol–water partition coefficient (Wildman–Crippen LogP) is 8.00. The molecule has 0 spiro atoms. The van der Waals surface area contributed by atoms with E-state index in [1.165, 1.54) is 6.07 Å². The smallest absolute Gasteiger partial charge is 0.417 e. The van der Waals surface area contributed by atoms with Gasteiger partial charge in [0, 0.05) is 34.6 Å². The number of alkyl halides is 3. The number of amides is 1. The van der Waals surface area contributed by atoms with Crippen molar-refractivity contribution in [2.45, 2.75) is 65.2 Å². The molecule has 0 radical (unpaired) electrons. The molecule has 1 N–H and O–H groups in total. The molecule has 0 unspecified atom stereocenters. The van der Waals surface area contributed by atoms with Crippen molar-refractivity contribution in [3.63, 3.8) is 0 Å². The molecule has 0 saturated heterocycles. The van der Waals surface area contributed by atoms with Gasteiger partial charge in [0.1, 0.15) is 11.4 Å². The van der Waals surface area contributed by atoms with Gasteiger partial charge in [0.15, 0.2) is 5.78 Å². The lowest BCUT2D eigenvalue weighted by molar-refractivity contribution is -0.154. The van der Waals surface area contributed by atoms with Gasteiger partial charge in [-0.2, -0.15) is 13.2 Å². The molecule has 1 atom stereocenters. The highest BCUT2D eigenvalue weighted by Crippen LogP contribution is 2.32. The molecule has 238 valence electrons. The van der Waals surface area contributed by atoms with Gasteiger partial charge < -0.3 is 10.1 Å². The summed E-state index contributed by atoms with van der Waals surface area (Å²) in [5, 5.41) is 3.83. The van der Waals surface area contributed by atoms with Crippen molar-refractivity contribution in [1.29, 1.82) is 0 Å². The summed E-state index contributed by atoms with van der Waals surface area (Å²) in [5.74, 6) is -1.19. The number of nitrogens with zero attached hydrogens (tertiary/aromatic N) is 2. The van der Waals surface area contributed by atoms with Gasteiger partial charge >= 0.3 is 12.1 Å². The Kier molecular flexibility index (Phi) is 10.4. The first-order chi connectivity index (χ1) is 21.2. The number of esters is 1. The minimum atomic E-state index is -4.54.